The second-order valence-corrected chi connectivity index (χ2v) is 7.64. The average molecular weight is 466 g/mol. The molecule has 2 aromatic carbocycles. The van der Waals surface area contributed by atoms with Crippen molar-refractivity contribution in [3.8, 4) is 23.4 Å². The summed E-state index contributed by atoms with van der Waals surface area (Å²) in [5, 5.41) is 12.4. The van der Waals surface area contributed by atoms with Gasteiger partial charge in [0.2, 0.25) is 5.88 Å². The molecule has 4 aromatic rings. The molecule has 1 N–H and O–H groups in total. The molecule has 0 aliphatic heterocycles. The Labute approximate surface area is 201 Å². The highest BCUT2D eigenvalue weighted by atomic mass is 16.5. The molecular formula is C27H22N4O4. The zero-order valence-electron chi connectivity index (χ0n) is 19.2. The number of nitrogens with zero attached hydrogens (tertiary/aromatic N) is 3. The lowest BCUT2D eigenvalue weighted by Crippen LogP contribution is -2.25. The van der Waals surface area contributed by atoms with E-state index in [1.807, 2.05) is 49.4 Å². The molecule has 35 heavy (non-hydrogen) atoms. The van der Waals surface area contributed by atoms with Gasteiger partial charge in [-0.05, 0) is 54.5 Å². The van der Waals surface area contributed by atoms with Crippen LogP contribution < -0.4 is 20.3 Å². The maximum Gasteiger partial charge on any atom is 0.269 e. The number of rotatable bonds is 7. The first-order valence-electron chi connectivity index (χ1n) is 10.8. The van der Waals surface area contributed by atoms with Crippen LogP contribution in [0.1, 0.15) is 16.7 Å². The fraction of sp³-hybridized carbons (Fsp3) is 0.111. The number of carbonyl (C=O) groups is 1. The van der Waals surface area contributed by atoms with E-state index >= 15 is 0 Å². The minimum absolute atomic E-state index is 0.0157. The molecule has 174 valence electrons. The normalized spacial score (nSPS) is 11.1. The van der Waals surface area contributed by atoms with E-state index in [0.717, 1.165) is 11.1 Å². The van der Waals surface area contributed by atoms with E-state index in [1.165, 1.54) is 10.5 Å². The Balaban J connectivity index is 1.76. The lowest BCUT2D eigenvalue weighted by Gasteiger charge is -2.12. The summed E-state index contributed by atoms with van der Waals surface area (Å²) in [6.45, 7) is 2.06. The minimum Gasteiger partial charge on any atom is -0.497 e. The van der Waals surface area contributed by atoms with Gasteiger partial charge in [-0.3, -0.25) is 14.0 Å². The SMILES string of the molecule is COc1ccc(Oc2nc3c(C)cccn3c(=O)c2C=C(C#N)C(=O)NCc2ccccc2)cc1. The number of amides is 1. The van der Waals surface area contributed by atoms with Crippen LogP contribution in [0.5, 0.6) is 17.4 Å². The van der Waals surface area contributed by atoms with E-state index in [2.05, 4.69) is 10.3 Å². The highest BCUT2D eigenvalue weighted by molar-refractivity contribution is 6.01. The molecule has 0 saturated heterocycles. The second-order valence-electron chi connectivity index (χ2n) is 7.64. The molecule has 0 unspecified atom stereocenters. The molecule has 4 rings (SSSR count). The third-order valence-corrected chi connectivity index (χ3v) is 5.27. The zero-order valence-corrected chi connectivity index (χ0v) is 19.2. The summed E-state index contributed by atoms with van der Waals surface area (Å²) in [6.07, 6.45) is 2.79. The average Bonchev–Trinajstić information content (AvgIpc) is 2.89. The van der Waals surface area contributed by atoms with Crippen molar-refractivity contribution in [1.29, 1.82) is 5.26 Å². The third-order valence-electron chi connectivity index (χ3n) is 5.27. The highest BCUT2D eigenvalue weighted by Crippen LogP contribution is 2.26. The first-order chi connectivity index (χ1) is 17.0. The number of pyridine rings is 1. The van der Waals surface area contributed by atoms with E-state index in [-0.39, 0.29) is 23.6 Å². The summed E-state index contributed by atoms with van der Waals surface area (Å²) >= 11 is 0. The minimum atomic E-state index is -0.611. The van der Waals surface area contributed by atoms with E-state index in [0.29, 0.717) is 17.1 Å². The number of ether oxygens (including phenoxy) is 2. The van der Waals surface area contributed by atoms with Crippen molar-refractivity contribution in [2.45, 2.75) is 13.5 Å². The summed E-state index contributed by atoms with van der Waals surface area (Å²) in [5.74, 6) is 0.428. The van der Waals surface area contributed by atoms with Crippen molar-refractivity contribution in [2.24, 2.45) is 0 Å². The monoisotopic (exact) mass is 466 g/mol. The first kappa shape index (κ1) is 23.3. The van der Waals surface area contributed by atoms with Gasteiger partial charge in [0.15, 0.2) is 0 Å². The Kier molecular flexibility index (Phi) is 6.88. The maximum absolute atomic E-state index is 13.4. The molecule has 0 radical (unpaired) electrons. The Morgan fingerprint density at radius 1 is 1.09 bits per heavy atom. The Bertz CT molecular complexity index is 1500. The molecule has 0 aliphatic rings. The van der Waals surface area contributed by atoms with Crippen molar-refractivity contribution >= 4 is 17.6 Å². The number of carbonyl (C=O) groups excluding carboxylic acids is 1. The third kappa shape index (κ3) is 5.20. The molecule has 0 bridgehead atoms. The largest absolute Gasteiger partial charge is 0.497 e. The van der Waals surface area contributed by atoms with Crippen LogP contribution in [0.2, 0.25) is 0 Å². The van der Waals surface area contributed by atoms with Gasteiger partial charge in [0, 0.05) is 12.7 Å². The van der Waals surface area contributed by atoms with Crippen LogP contribution in [0, 0.1) is 18.3 Å². The van der Waals surface area contributed by atoms with Crippen molar-refractivity contribution < 1.29 is 14.3 Å². The topological polar surface area (TPSA) is 106 Å². The van der Waals surface area contributed by atoms with Crippen molar-refractivity contribution in [2.75, 3.05) is 7.11 Å². The van der Waals surface area contributed by atoms with Crippen molar-refractivity contribution in [3.05, 3.63) is 106 Å². The predicted molar refractivity (Wildman–Crippen MR) is 131 cm³/mol. The lowest BCUT2D eigenvalue weighted by atomic mass is 10.1. The molecule has 0 saturated carbocycles. The van der Waals surface area contributed by atoms with Gasteiger partial charge in [0.1, 0.15) is 34.4 Å². The zero-order chi connectivity index (χ0) is 24.8. The van der Waals surface area contributed by atoms with E-state index in [9.17, 15) is 14.9 Å². The number of hydrogen-bond donors (Lipinski definition) is 1. The number of fused-ring (bicyclic) bond motifs is 1. The van der Waals surface area contributed by atoms with Gasteiger partial charge in [-0.2, -0.15) is 10.2 Å². The van der Waals surface area contributed by atoms with E-state index in [4.69, 9.17) is 9.47 Å². The maximum atomic E-state index is 13.4. The Hall–Kier alpha value is -4.90. The number of hydrogen-bond acceptors (Lipinski definition) is 6. The number of benzene rings is 2. The fourth-order valence-electron chi connectivity index (χ4n) is 3.42. The Morgan fingerprint density at radius 3 is 2.49 bits per heavy atom. The summed E-state index contributed by atoms with van der Waals surface area (Å²) in [5.41, 5.74) is 1.32. The Morgan fingerprint density at radius 2 is 1.80 bits per heavy atom. The molecular weight excluding hydrogens is 444 g/mol. The van der Waals surface area contributed by atoms with Crippen LogP contribution >= 0.6 is 0 Å². The van der Waals surface area contributed by atoms with Crippen molar-refractivity contribution in [1.82, 2.24) is 14.7 Å². The van der Waals surface area contributed by atoms with Gasteiger partial charge >= 0.3 is 0 Å². The highest BCUT2D eigenvalue weighted by Gasteiger charge is 2.18. The second kappa shape index (κ2) is 10.4. The quantitative estimate of drug-likeness (QED) is 0.326. The van der Waals surface area contributed by atoms with Gasteiger partial charge in [0.05, 0.1) is 7.11 Å². The van der Waals surface area contributed by atoms with Crippen LogP contribution in [-0.2, 0) is 11.3 Å². The van der Waals surface area contributed by atoms with Crippen LogP contribution in [0.3, 0.4) is 0 Å². The molecule has 8 nitrogen and oxygen atoms in total. The smallest absolute Gasteiger partial charge is 0.269 e. The van der Waals surface area contributed by atoms with E-state index in [1.54, 1.807) is 43.6 Å². The van der Waals surface area contributed by atoms with Gasteiger partial charge < -0.3 is 14.8 Å². The predicted octanol–water partition coefficient (Wildman–Crippen LogP) is 4.03. The first-order valence-corrected chi connectivity index (χ1v) is 10.8. The van der Waals surface area contributed by atoms with Crippen LogP contribution in [0.25, 0.3) is 11.7 Å². The molecule has 0 spiro atoms. The molecule has 0 atom stereocenters. The van der Waals surface area contributed by atoms with Crippen LogP contribution in [0.4, 0.5) is 0 Å². The van der Waals surface area contributed by atoms with Crippen molar-refractivity contribution in [3.63, 3.8) is 0 Å². The molecule has 2 aromatic heterocycles. The summed E-state index contributed by atoms with van der Waals surface area (Å²) in [7, 11) is 1.56. The van der Waals surface area contributed by atoms with Gasteiger partial charge in [-0.15, -0.1) is 0 Å². The standard InChI is InChI=1S/C27H22N4O4/c1-18-7-6-14-31-24(18)30-26(35-22-12-10-21(34-2)11-13-22)23(27(31)33)15-20(16-28)25(32)29-17-19-8-4-3-5-9-19/h3-15H,17H2,1-2H3,(H,29,32). The van der Waals surface area contributed by atoms with Gasteiger partial charge in [0.25, 0.3) is 11.5 Å². The fourth-order valence-corrected chi connectivity index (χ4v) is 3.42. The summed E-state index contributed by atoms with van der Waals surface area (Å²) in [4.78, 5) is 30.7. The number of nitrogens with one attached hydrogen (secondary N) is 1. The van der Waals surface area contributed by atoms with E-state index < -0.39 is 11.5 Å². The molecule has 1 amide bonds. The van der Waals surface area contributed by atoms with Crippen LogP contribution in [-0.4, -0.2) is 22.4 Å². The summed E-state index contributed by atoms with van der Waals surface area (Å²) < 4.78 is 12.5. The van der Waals surface area contributed by atoms with Gasteiger partial charge in [-0.1, -0.05) is 36.4 Å². The number of methoxy groups -OCH3 is 1. The number of nitriles is 1. The molecule has 8 heteroatoms. The molecule has 0 aliphatic carbocycles. The number of aromatic nitrogens is 2. The van der Waals surface area contributed by atoms with Crippen LogP contribution in [0.15, 0.2) is 83.3 Å². The lowest BCUT2D eigenvalue weighted by molar-refractivity contribution is -0.117. The molecule has 0 fully saturated rings. The number of aryl methyl sites for hydroxylation is 1. The summed E-state index contributed by atoms with van der Waals surface area (Å²) in [6, 6.07) is 21.5. The molecule has 2 heterocycles. The van der Waals surface area contributed by atoms with Gasteiger partial charge in [-0.25, -0.2) is 0 Å².